The third kappa shape index (κ3) is 5.93. The number of para-hydroxylation sites is 1. The Morgan fingerprint density at radius 2 is 1.74 bits per heavy atom. The molecule has 2 aromatic carbocycles. The summed E-state index contributed by atoms with van der Waals surface area (Å²) in [4.78, 5) is 10.7. The Labute approximate surface area is 199 Å². The van der Waals surface area contributed by atoms with Crippen LogP contribution in [0.3, 0.4) is 0 Å². The molecule has 1 aliphatic heterocycles. The van der Waals surface area contributed by atoms with E-state index in [1.54, 1.807) is 19.0 Å². The van der Waals surface area contributed by atoms with E-state index in [9.17, 15) is 0 Å². The Bertz CT molecular complexity index is 1100. The van der Waals surface area contributed by atoms with Gasteiger partial charge in [-0.15, -0.1) is 0 Å². The fourth-order valence-corrected chi connectivity index (χ4v) is 3.71. The Hall–Kier alpha value is -3.85. The van der Waals surface area contributed by atoms with E-state index in [2.05, 4.69) is 10.3 Å². The summed E-state index contributed by atoms with van der Waals surface area (Å²) in [5.74, 6) is 3.19. The van der Waals surface area contributed by atoms with Gasteiger partial charge >= 0.3 is 0 Å². The molecule has 0 atom stereocenters. The molecule has 1 aliphatic rings. The van der Waals surface area contributed by atoms with Crippen LogP contribution in [0.4, 0.5) is 17.3 Å². The number of amidine groups is 1. The monoisotopic (exact) mass is 462 g/mol. The number of nitrogens with zero attached hydrogens (tertiary/aromatic N) is 3. The average Bonchev–Trinajstić information content (AvgIpc) is 2.85. The van der Waals surface area contributed by atoms with Crippen LogP contribution in [0.5, 0.6) is 11.5 Å². The summed E-state index contributed by atoms with van der Waals surface area (Å²) in [7, 11) is 3.48. The molecule has 0 aliphatic carbocycles. The van der Waals surface area contributed by atoms with Crippen LogP contribution >= 0.6 is 0 Å². The summed E-state index contributed by atoms with van der Waals surface area (Å²) in [6.45, 7) is 1.41. The number of nitrogens with two attached hydrogens (primary N) is 1. The van der Waals surface area contributed by atoms with E-state index < -0.39 is 0 Å². The van der Waals surface area contributed by atoms with Crippen molar-refractivity contribution in [2.24, 2.45) is 0 Å². The highest BCUT2D eigenvalue weighted by Gasteiger charge is 2.24. The van der Waals surface area contributed by atoms with Crippen molar-refractivity contribution in [3.8, 4) is 11.5 Å². The number of rotatable bonds is 7. The molecule has 3 aromatic rings. The zero-order valence-electron chi connectivity index (χ0n) is 19.5. The highest BCUT2D eigenvalue weighted by atomic mass is 16.5. The minimum atomic E-state index is 0.0270. The fraction of sp³-hybridized carbons (Fsp3) is 0.320. The summed E-state index contributed by atoms with van der Waals surface area (Å²) in [6, 6.07) is 17.3. The summed E-state index contributed by atoms with van der Waals surface area (Å²) in [5.41, 5.74) is 8.15. The van der Waals surface area contributed by atoms with Crippen molar-refractivity contribution >= 4 is 23.3 Å². The predicted molar refractivity (Wildman–Crippen MR) is 132 cm³/mol. The molecule has 34 heavy (non-hydrogen) atoms. The van der Waals surface area contributed by atoms with E-state index in [-0.39, 0.29) is 18.5 Å². The molecule has 9 heteroatoms. The van der Waals surface area contributed by atoms with E-state index in [1.165, 1.54) is 0 Å². The van der Waals surface area contributed by atoms with Gasteiger partial charge in [-0.25, -0.2) is 9.97 Å². The molecule has 178 valence electrons. The number of anilines is 3. The lowest BCUT2D eigenvalue weighted by Gasteiger charge is -2.25. The number of ether oxygens (including phenoxy) is 3. The summed E-state index contributed by atoms with van der Waals surface area (Å²) < 4.78 is 16.9. The van der Waals surface area contributed by atoms with E-state index >= 15 is 0 Å². The maximum absolute atomic E-state index is 7.86. The largest absolute Gasteiger partial charge is 0.457 e. The van der Waals surface area contributed by atoms with E-state index in [4.69, 9.17) is 30.3 Å². The van der Waals surface area contributed by atoms with E-state index in [0.717, 1.165) is 35.6 Å². The summed E-state index contributed by atoms with van der Waals surface area (Å²) >= 11 is 0. The van der Waals surface area contributed by atoms with Gasteiger partial charge in [0.2, 0.25) is 0 Å². The second-order valence-corrected chi connectivity index (χ2v) is 8.23. The van der Waals surface area contributed by atoms with Crippen LogP contribution in [0.15, 0.2) is 54.6 Å². The standard InChI is InChI=1S/C25H30N6O3/c1-31(2)25(27)33-16-21-29-23(26)22(17-12-14-32-15-13-17)24(30-21)28-18-8-10-20(11-9-18)34-19-6-4-3-5-7-19/h3-11,17,27H,12-16H2,1-2H3,(H3,26,28,29,30). The summed E-state index contributed by atoms with van der Waals surface area (Å²) in [6.07, 6.45) is 1.71. The van der Waals surface area contributed by atoms with Crippen molar-refractivity contribution in [2.45, 2.75) is 25.4 Å². The zero-order chi connectivity index (χ0) is 23.9. The van der Waals surface area contributed by atoms with Gasteiger partial charge in [0.1, 0.15) is 23.1 Å². The first-order chi connectivity index (χ1) is 16.5. The SMILES string of the molecule is CN(C)C(=N)OCc1nc(N)c(C2CCOCC2)c(Nc2ccc(Oc3ccccc3)cc2)n1. The smallest absolute Gasteiger partial charge is 0.284 e. The Kier molecular flexibility index (Phi) is 7.44. The first-order valence-corrected chi connectivity index (χ1v) is 11.2. The van der Waals surface area contributed by atoms with Crippen LogP contribution < -0.4 is 15.8 Å². The molecule has 4 N–H and O–H groups in total. The van der Waals surface area contributed by atoms with Gasteiger partial charge in [0.25, 0.3) is 6.02 Å². The van der Waals surface area contributed by atoms with Gasteiger partial charge < -0.3 is 30.2 Å². The van der Waals surface area contributed by atoms with Crippen LogP contribution in [0, 0.1) is 5.41 Å². The average molecular weight is 463 g/mol. The molecular weight excluding hydrogens is 432 g/mol. The van der Waals surface area contributed by atoms with Crippen LogP contribution in [0.25, 0.3) is 0 Å². The van der Waals surface area contributed by atoms with Crippen molar-refractivity contribution in [3.05, 3.63) is 66.0 Å². The topological polar surface area (TPSA) is 119 Å². The number of aromatic nitrogens is 2. The van der Waals surface area contributed by atoms with Crippen LogP contribution in [0.1, 0.15) is 30.1 Å². The Morgan fingerprint density at radius 3 is 2.41 bits per heavy atom. The molecule has 0 amide bonds. The van der Waals surface area contributed by atoms with Crippen LogP contribution in [-0.2, 0) is 16.1 Å². The summed E-state index contributed by atoms with van der Waals surface area (Å²) in [5, 5.41) is 11.3. The number of nitrogens with one attached hydrogen (secondary N) is 2. The van der Waals surface area contributed by atoms with E-state index in [1.807, 2.05) is 54.6 Å². The molecular formula is C25H30N6O3. The third-order valence-electron chi connectivity index (χ3n) is 5.49. The molecule has 0 saturated carbocycles. The highest BCUT2D eigenvalue weighted by molar-refractivity contribution is 5.69. The molecule has 1 saturated heterocycles. The minimum Gasteiger partial charge on any atom is -0.457 e. The van der Waals surface area contributed by atoms with Crippen molar-refractivity contribution in [3.63, 3.8) is 0 Å². The van der Waals surface area contributed by atoms with Gasteiger partial charge in [-0.05, 0) is 55.2 Å². The molecule has 0 radical (unpaired) electrons. The maximum atomic E-state index is 7.86. The lowest BCUT2D eigenvalue weighted by atomic mass is 9.92. The Balaban J connectivity index is 1.56. The highest BCUT2D eigenvalue weighted by Crippen LogP contribution is 2.36. The molecule has 1 fully saturated rings. The number of benzene rings is 2. The first kappa shape index (κ1) is 23.3. The zero-order valence-corrected chi connectivity index (χ0v) is 19.5. The van der Waals surface area contributed by atoms with Crippen molar-refractivity contribution in [1.29, 1.82) is 5.41 Å². The normalized spacial score (nSPS) is 13.8. The number of nitrogen functional groups attached to an aromatic ring is 1. The Morgan fingerprint density at radius 1 is 1.06 bits per heavy atom. The second-order valence-electron chi connectivity index (χ2n) is 8.23. The molecule has 0 spiro atoms. The molecule has 2 heterocycles. The van der Waals surface area contributed by atoms with Crippen molar-refractivity contribution in [2.75, 3.05) is 38.4 Å². The van der Waals surface area contributed by atoms with Gasteiger partial charge in [0, 0.05) is 38.6 Å². The molecule has 0 unspecified atom stereocenters. The fourth-order valence-electron chi connectivity index (χ4n) is 3.71. The lowest BCUT2D eigenvalue weighted by Crippen LogP contribution is -2.24. The van der Waals surface area contributed by atoms with Crippen molar-refractivity contribution in [1.82, 2.24) is 14.9 Å². The van der Waals surface area contributed by atoms with E-state index in [0.29, 0.717) is 30.7 Å². The lowest BCUT2D eigenvalue weighted by molar-refractivity contribution is 0.0855. The van der Waals surface area contributed by atoms with Gasteiger partial charge in [-0.1, -0.05) is 18.2 Å². The predicted octanol–water partition coefficient (Wildman–Crippen LogP) is 4.50. The van der Waals surface area contributed by atoms with Gasteiger partial charge in [-0.2, -0.15) is 0 Å². The molecule has 1 aromatic heterocycles. The van der Waals surface area contributed by atoms with Crippen LogP contribution in [0.2, 0.25) is 0 Å². The minimum absolute atomic E-state index is 0.0270. The molecule has 0 bridgehead atoms. The maximum Gasteiger partial charge on any atom is 0.284 e. The second kappa shape index (κ2) is 10.8. The quantitative estimate of drug-likeness (QED) is 0.347. The van der Waals surface area contributed by atoms with Gasteiger partial charge in [0.15, 0.2) is 12.4 Å². The van der Waals surface area contributed by atoms with Gasteiger partial charge in [0.05, 0.1) is 0 Å². The third-order valence-corrected chi connectivity index (χ3v) is 5.49. The first-order valence-electron chi connectivity index (χ1n) is 11.2. The molecule has 4 rings (SSSR count). The van der Waals surface area contributed by atoms with Crippen molar-refractivity contribution < 1.29 is 14.2 Å². The molecule has 9 nitrogen and oxygen atoms in total. The van der Waals surface area contributed by atoms with Gasteiger partial charge in [-0.3, -0.25) is 5.41 Å². The van der Waals surface area contributed by atoms with Crippen LogP contribution in [-0.4, -0.2) is 48.2 Å². The number of hydrogen-bond acceptors (Lipinski definition) is 8. The number of hydrogen-bond donors (Lipinski definition) is 3.